The van der Waals surface area contributed by atoms with Crippen LogP contribution in [0.2, 0.25) is 10.0 Å². The van der Waals surface area contributed by atoms with Crippen molar-refractivity contribution in [3.05, 3.63) is 63.9 Å². The lowest BCUT2D eigenvalue weighted by atomic mass is 10.1. The molecule has 0 aliphatic carbocycles. The van der Waals surface area contributed by atoms with E-state index in [-0.39, 0.29) is 11.3 Å². The first-order chi connectivity index (χ1) is 10.1. The molecule has 104 valence electrons. The summed E-state index contributed by atoms with van der Waals surface area (Å²) in [6.07, 6.45) is 4.61. The number of carbonyl (C=O) groups is 1. The molecule has 1 N–H and O–H groups in total. The minimum atomic E-state index is -0.579. The maximum Gasteiger partial charge on any atom is 0.266 e. The van der Waals surface area contributed by atoms with E-state index < -0.39 is 5.91 Å². The Labute approximate surface area is 131 Å². The third kappa shape index (κ3) is 3.82. The fourth-order valence-electron chi connectivity index (χ4n) is 1.57. The lowest BCUT2D eigenvalue weighted by molar-refractivity contribution is -0.112. The highest BCUT2D eigenvalue weighted by atomic mass is 35.5. The van der Waals surface area contributed by atoms with Gasteiger partial charge >= 0.3 is 0 Å². The number of carbonyl (C=O) groups excluding carboxylic acids is 1. The van der Waals surface area contributed by atoms with Gasteiger partial charge in [0.15, 0.2) is 0 Å². The van der Waals surface area contributed by atoms with Crippen molar-refractivity contribution in [3.63, 3.8) is 0 Å². The number of nitrogens with one attached hydrogen (secondary N) is 1. The number of pyridine rings is 1. The monoisotopic (exact) mass is 317 g/mol. The minimum Gasteiger partial charge on any atom is -0.319 e. The Morgan fingerprint density at radius 2 is 1.81 bits per heavy atom. The smallest absolute Gasteiger partial charge is 0.266 e. The zero-order valence-corrected chi connectivity index (χ0v) is 12.2. The SMILES string of the molecule is N#C/C(=C\c1ccncc1)C(=O)Nc1c(Cl)cccc1Cl. The molecule has 0 radical (unpaired) electrons. The maximum atomic E-state index is 12.1. The predicted octanol–water partition coefficient (Wildman–Crippen LogP) is 3.93. The molecule has 0 spiro atoms. The summed E-state index contributed by atoms with van der Waals surface area (Å²) in [4.78, 5) is 16.0. The molecule has 1 aromatic heterocycles. The Balaban J connectivity index is 2.27. The molecule has 0 saturated heterocycles. The van der Waals surface area contributed by atoms with Crippen molar-refractivity contribution in [1.82, 2.24) is 4.98 Å². The van der Waals surface area contributed by atoms with Crippen LogP contribution in [0.3, 0.4) is 0 Å². The Bertz CT molecular complexity index is 716. The number of hydrogen-bond donors (Lipinski definition) is 1. The molecule has 0 bridgehead atoms. The number of nitriles is 1. The number of rotatable bonds is 3. The van der Waals surface area contributed by atoms with E-state index in [0.717, 1.165) is 0 Å². The first kappa shape index (κ1) is 15.0. The summed E-state index contributed by atoms with van der Waals surface area (Å²) >= 11 is 11.9. The molecule has 0 aliphatic rings. The molecule has 0 saturated carbocycles. The van der Waals surface area contributed by atoms with E-state index in [9.17, 15) is 4.79 Å². The second kappa shape index (κ2) is 6.89. The van der Waals surface area contributed by atoms with E-state index >= 15 is 0 Å². The molecule has 6 heteroatoms. The van der Waals surface area contributed by atoms with Gasteiger partial charge in [0, 0.05) is 12.4 Å². The zero-order chi connectivity index (χ0) is 15.2. The van der Waals surface area contributed by atoms with Crippen LogP contribution >= 0.6 is 23.2 Å². The molecule has 0 unspecified atom stereocenters. The lowest BCUT2D eigenvalue weighted by Crippen LogP contribution is -2.14. The second-order valence-corrected chi connectivity index (χ2v) is 4.82. The van der Waals surface area contributed by atoms with E-state index in [1.807, 2.05) is 6.07 Å². The van der Waals surface area contributed by atoms with Crippen molar-refractivity contribution >= 4 is 40.9 Å². The molecule has 4 nitrogen and oxygen atoms in total. The van der Waals surface area contributed by atoms with Crippen molar-refractivity contribution in [2.45, 2.75) is 0 Å². The third-order valence-electron chi connectivity index (χ3n) is 2.58. The lowest BCUT2D eigenvalue weighted by Gasteiger charge is -2.08. The highest BCUT2D eigenvalue weighted by Gasteiger charge is 2.13. The van der Waals surface area contributed by atoms with Crippen LogP contribution in [0.5, 0.6) is 0 Å². The van der Waals surface area contributed by atoms with Crippen molar-refractivity contribution in [1.29, 1.82) is 5.26 Å². The topological polar surface area (TPSA) is 65.8 Å². The molecular weight excluding hydrogens is 309 g/mol. The zero-order valence-electron chi connectivity index (χ0n) is 10.7. The average molecular weight is 318 g/mol. The molecule has 21 heavy (non-hydrogen) atoms. The fourth-order valence-corrected chi connectivity index (χ4v) is 2.06. The minimum absolute atomic E-state index is 0.0582. The molecule has 1 heterocycles. The summed E-state index contributed by atoms with van der Waals surface area (Å²) in [7, 11) is 0. The second-order valence-electron chi connectivity index (χ2n) is 4.00. The largest absolute Gasteiger partial charge is 0.319 e. The molecule has 0 atom stereocenters. The van der Waals surface area contributed by atoms with E-state index in [0.29, 0.717) is 15.6 Å². The number of para-hydroxylation sites is 1. The maximum absolute atomic E-state index is 12.1. The van der Waals surface area contributed by atoms with Gasteiger partial charge < -0.3 is 5.32 Å². The van der Waals surface area contributed by atoms with Crippen LogP contribution in [0.4, 0.5) is 5.69 Å². The Kier molecular flexibility index (Phi) is 4.94. The van der Waals surface area contributed by atoms with Crippen LogP contribution in [0.15, 0.2) is 48.3 Å². The molecule has 1 aromatic carbocycles. The van der Waals surface area contributed by atoms with E-state index in [1.165, 1.54) is 6.08 Å². The highest BCUT2D eigenvalue weighted by molar-refractivity contribution is 6.40. The fraction of sp³-hybridized carbons (Fsp3) is 0. The number of halogens is 2. The van der Waals surface area contributed by atoms with E-state index in [4.69, 9.17) is 28.5 Å². The molecule has 0 aliphatic heterocycles. The normalized spacial score (nSPS) is 10.8. The number of nitrogens with zero attached hydrogens (tertiary/aromatic N) is 2. The molecule has 0 fully saturated rings. The summed E-state index contributed by atoms with van der Waals surface area (Å²) in [6, 6.07) is 10.1. The average Bonchev–Trinajstić information content (AvgIpc) is 2.49. The van der Waals surface area contributed by atoms with Gasteiger partial charge in [0.2, 0.25) is 0 Å². The summed E-state index contributed by atoms with van der Waals surface area (Å²) in [6.45, 7) is 0. The van der Waals surface area contributed by atoms with Gasteiger partial charge in [0.1, 0.15) is 11.6 Å². The number of benzene rings is 1. The van der Waals surface area contributed by atoms with Crippen molar-refractivity contribution < 1.29 is 4.79 Å². The summed E-state index contributed by atoms with van der Waals surface area (Å²) in [5.74, 6) is -0.579. The van der Waals surface area contributed by atoms with Crippen LogP contribution in [0, 0.1) is 11.3 Å². The molecule has 2 rings (SSSR count). The number of amides is 1. The van der Waals surface area contributed by atoms with Gasteiger partial charge in [-0.1, -0.05) is 29.3 Å². The van der Waals surface area contributed by atoms with Crippen molar-refractivity contribution in [3.8, 4) is 6.07 Å². The van der Waals surface area contributed by atoms with E-state index in [1.54, 1.807) is 42.7 Å². The van der Waals surface area contributed by atoms with Crippen molar-refractivity contribution in [2.75, 3.05) is 5.32 Å². The third-order valence-corrected chi connectivity index (χ3v) is 3.21. The first-order valence-electron chi connectivity index (χ1n) is 5.89. The van der Waals surface area contributed by atoms with Crippen molar-refractivity contribution in [2.24, 2.45) is 0 Å². The van der Waals surface area contributed by atoms with Gasteiger partial charge in [-0.2, -0.15) is 5.26 Å². The Morgan fingerprint density at radius 1 is 1.19 bits per heavy atom. The standard InChI is InChI=1S/C15H9Cl2N3O/c16-12-2-1-3-13(17)14(12)20-15(21)11(9-18)8-10-4-6-19-7-5-10/h1-8H,(H,20,21)/b11-8+. The van der Waals surface area contributed by atoms with Gasteiger partial charge in [-0.3, -0.25) is 9.78 Å². The summed E-state index contributed by atoms with van der Waals surface area (Å²) < 4.78 is 0. The predicted molar refractivity (Wildman–Crippen MR) is 82.9 cm³/mol. The molecular formula is C15H9Cl2N3O. The first-order valence-corrected chi connectivity index (χ1v) is 6.64. The molecule has 1 amide bonds. The van der Waals surface area contributed by atoms with Crippen LogP contribution in [-0.4, -0.2) is 10.9 Å². The van der Waals surface area contributed by atoms with E-state index in [2.05, 4.69) is 10.3 Å². The quantitative estimate of drug-likeness (QED) is 0.689. The van der Waals surface area contributed by atoms with Crippen LogP contribution in [-0.2, 0) is 4.79 Å². The van der Waals surface area contributed by atoms with Gasteiger partial charge in [0.25, 0.3) is 5.91 Å². The van der Waals surface area contributed by atoms with Gasteiger partial charge in [-0.25, -0.2) is 0 Å². The Hall–Kier alpha value is -2.35. The van der Waals surface area contributed by atoms with Gasteiger partial charge in [-0.05, 0) is 35.9 Å². The van der Waals surface area contributed by atoms with Crippen LogP contribution in [0.25, 0.3) is 6.08 Å². The summed E-state index contributed by atoms with van der Waals surface area (Å²) in [5, 5.41) is 12.3. The number of aromatic nitrogens is 1. The number of hydrogen-bond acceptors (Lipinski definition) is 3. The summed E-state index contributed by atoms with van der Waals surface area (Å²) in [5.41, 5.74) is 0.917. The highest BCUT2D eigenvalue weighted by Crippen LogP contribution is 2.30. The molecule has 2 aromatic rings. The van der Waals surface area contributed by atoms with Gasteiger partial charge in [-0.15, -0.1) is 0 Å². The van der Waals surface area contributed by atoms with Crippen LogP contribution in [0.1, 0.15) is 5.56 Å². The number of anilines is 1. The Morgan fingerprint density at radius 3 is 2.38 bits per heavy atom. The van der Waals surface area contributed by atoms with Crippen LogP contribution < -0.4 is 5.32 Å². The van der Waals surface area contributed by atoms with Gasteiger partial charge in [0.05, 0.1) is 15.7 Å².